The summed E-state index contributed by atoms with van der Waals surface area (Å²) in [6.07, 6.45) is 10.0. The molecule has 0 unspecified atom stereocenters. The predicted molar refractivity (Wildman–Crippen MR) is 69.2 cm³/mol. The molecule has 16 heavy (non-hydrogen) atoms. The summed E-state index contributed by atoms with van der Waals surface area (Å²) in [6, 6.07) is 0. The van der Waals surface area contributed by atoms with Crippen LogP contribution in [0.25, 0.3) is 0 Å². The highest BCUT2D eigenvalue weighted by molar-refractivity contribution is 4.97. The van der Waals surface area contributed by atoms with Crippen LogP contribution in [0, 0.1) is 5.92 Å². The molecule has 0 aromatic rings. The Morgan fingerprint density at radius 3 is 2.50 bits per heavy atom. The van der Waals surface area contributed by atoms with Crippen molar-refractivity contribution in [1.29, 1.82) is 0 Å². The van der Waals surface area contributed by atoms with Gasteiger partial charge in [0.25, 0.3) is 0 Å². The third kappa shape index (κ3) is 5.02. The standard InChI is InChI=1S/C14H27NO/c1-4-6-13(5-2)15-11-16-14-9-7-12(3)8-10-14/h6,12,14-15H,4-5,7-11H2,1-3H3/b13-6+/t12-,14-. The van der Waals surface area contributed by atoms with Crippen LogP contribution in [0.1, 0.15) is 59.3 Å². The van der Waals surface area contributed by atoms with Gasteiger partial charge in [-0.25, -0.2) is 0 Å². The van der Waals surface area contributed by atoms with Crippen molar-refractivity contribution < 1.29 is 4.74 Å². The molecule has 0 aliphatic heterocycles. The molecule has 0 heterocycles. The van der Waals surface area contributed by atoms with E-state index in [9.17, 15) is 0 Å². The van der Waals surface area contributed by atoms with E-state index in [0.29, 0.717) is 12.8 Å². The first-order valence-electron chi connectivity index (χ1n) is 6.80. The second kappa shape index (κ2) is 7.72. The average Bonchev–Trinajstić information content (AvgIpc) is 2.30. The van der Waals surface area contributed by atoms with Crippen molar-refractivity contribution >= 4 is 0 Å². The second-order valence-corrected chi connectivity index (χ2v) is 4.86. The van der Waals surface area contributed by atoms with Crippen LogP contribution in [0.2, 0.25) is 0 Å². The number of hydrogen-bond acceptors (Lipinski definition) is 2. The van der Waals surface area contributed by atoms with Gasteiger partial charge in [0, 0.05) is 5.70 Å². The minimum absolute atomic E-state index is 0.489. The molecule has 1 rings (SSSR count). The van der Waals surface area contributed by atoms with Crippen molar-refractivity contribution in [3.8, 4) is 0 Å². The zero-order valence-corrected chi connectivity index (χ0v) is 11.1. The molecule has 0 saturated heterocycles. The number of allylic oxidation sites excluding steroid dienone is 2. The Balaban J connectivity index is 2.13. The Bertz CT molecular complexity index is 205. The molecular formula is C14H27NO. The summed E-state index contributed by atoms with van der Waals surface area (Å²) >= 11 is 0. The summed E-state index contributed by atoms with van der Waals surface area (Å²) < 4.78 is 5.86. The van der Waals surface area contributed by atoms with Crippen molar-refractivity contribution in [1.82, 2.24) is 5.32 Å². The van der Waals surface area contributed by atoms with Crippen LogP contribution in [0.4, 0.5) is 0 Å². The molecule has 94 valence electrons. The zero-order chi connectivity index (χ0) is 11.8. The van der Waals surface area contributed by atoms with E-state index in [1.165, 1.54) is 31.4 Å². The first-order chi connectivity index (χ1) is 7.76. The fourth-order valence-corrected chi connectivity index (χ4v) is 2.24. The van der Waals surface area contributed by atoms with Gasteiger partial charge in [0.1, 0.15) is 6.73 Å². The Kier molecular flexibility index (Phi) is 6.55. The van der Waals surface area contributed by atoms with E-state index < -0.39 is 0 Å². The van der Waals surface area contributed by atoms with E-state index in [4.69, 9.17) is 4.74 Å². The van der Waals surface area contributed by atoms with E-state index in [-0.39, 0.29) is 0 Å². The summed E-state index contributed by atoms with van der Waals surface area (Å²) in [7, 11) is 0. The van der Waals surface area contributed by atoms with Crippen LogP contribution in [0.15, 0.2) is 11.8 Å². The smallest absolute Gasteiger partial charge is 0.116 e. The van der Waals surface area contributed by atoms with Crippen LogP contribution in [0.5, 0.6) is 0 Å². The summed E-state index contributed by atoms with van der Waals surface area (Å²) in [6.45, 7) is 7.36. The van der Waals surface area contributed by atoms with Gasteiger partial charge in [-0.05, 0) is 44.4 Å². The molecule has 1 N–H and O–H groups in total. The number of nitrogens with one attached hydrogen (secondary N) is 1. The van der Waals surface area contributed by atoms with Crippen LogP contribution >= 0.6 is 0 Å². The van der Waals surface area contributed by atoms with E-state index in [1.54, 1.807) is 0 Å². The molecule has 1 aliphatic rings. The van der Waals surface area contributed by atoms with Gasteiger partial charge in [-0.15, -0.1) is 0 Å². The monoisotopic (exact) mass is 225 g/mol. The molecule has 0 amide bonds. The molecule has 1 aliphatic carbocycles. The fourth-order valence-electron chi connectivity index (χ4n) is 2.24. The van der Waals surface area contributed by atoms with Gasteiger partial charge in [0.2, 0.25) is 0 Å². The predicted octanol–water partition coefficient (Wildman–Crippen LogP) is 3.83. The van der Waals surface area contributed by atoms with Crippen molar-refractivity contribution in [2.45, 2.75) is 65.4 Å². The maximum Gasteiger partial charge on any atom is 0.116 e. The van der Waals surface area contributed by atoms with Gasteiger partial charge in [-0.2, -0.15) is 0 Å². The lowest BCUT2D eigenvalue weighted by molar-refractivity contribution is 0.0130. The van der Waals surface area contributed by atoms with E-state index in [1.807, 2.05) is 0 Å². The molecule has 0 spiro atoms. The minimum Gasteiger partial charge on any atom is -0.366 e. The minimum atomic E-state index is 0.489. The summed E-state index contributed by atoms with van der Waals surface area (Å²) in [5.74, 6) is 0.902. The number of ether oxygens (including phenoxy) is 1. The largest absolute Gasteiger partial charge is 0.366 e. The van der Waals surface area contributed by atoms with Crippen molar-refractivity contribution in [3.63, 3.8) is 0 Å². The molecular weight excluding hydrogens is 198 g/mol. The highest BCUT2D eigenvalue weighted by atomic mass is 16.5. The second-order valence-electron chi connectivity index (χ2n) is 4.86. The summed E-state index contributed by atoms with van der Waals surface area (Å²) in [5.41, 5.74) is 1.31. The molecule has 1 fully saturated rings. The van der Waals surface area contributed by atoms with E-state index >= 15 is 0 Å². The highest BCUT2D eigenvalue weighted by Gasteiger charge is 2.18. The lowest BCUT2D eigenvalue weighted by Gasteiger charge is -2.26. The van der Waals surface area contributed by atoms with Crippen molar-refractivity contribution in [3.05, 3.63) is 11.8 Å². The van der Waals surface area contributed by atoms with Gasteiger partial charge < -0.3 is 10.1 Å². The molecule has 0 aromatic heterocycles. The fraction of sp³-hybridized carbons (Fsp3) is 0.857. The molecule has 2 nitrogen and oxygen atoms in total. The van der Waals surface area contributed by atoms with Gasteiger partial charge in [-0.3, -0.25) is 0 Å². The van der Waals surface area contributed by atoms with E-state index in [2.05, 4.69) is 32.2 Å². The average molecular weight is 225 g/mol. The van der Waals surface area contributed by atoms with Crippen LogP contribution in [-0.2, 0) is 4.74 Å². The van der Waals surface area contributed by atoms with Gasteiger partial charge >= 0.3 is 0 Å². The van der Waals surface area contributed by atoms with Crippen LogP contribution in [0.3, 0.4) is 0 Å². The Morgan fingerprint density at radius 1 is 1.25 bits per heavy atom. The van der Waals surface area contributed by atoms with Gasteiger partial charge in [0.15, 0.2) is 0 Å². The third-order valence-electron chi connectivity index (χ3n) is 3.41. The molecule has 0 bridgehead atoms. The van der Waals surface area contributed by atoms with Gasteiger partial charge in [-0.1, -0.05) is 26.8 Å². The Morgan fingerprint density at radius 2 is 1.94 bits per heavy atom. The first-order valence-corrected chi connectivity index (χ1v) is 6.80. The van der Waals surface area contributed by atoms with Crippen LogP contribution < -0.4 is 5.32 Å². The first kappa shape index (κ1) is 13.6. The molecule has 1 saturated carbocycles. The number of hydrogen-bond donors (Lipinski definition) is 1. The number of rotatable bonds is 6. The lowest BCUT2D eigenvalue weighted by atomic mass is 9.89. The summed E-state index contributed by atoms with van der Waals surface area (Å²) in [4.78, 5) is 0. The van der Waals surface area contributed by atoms with E-state index in [0.717, 1.165) is 18.8 Å². The summed E-state index contributed by atoms with van der Waals surface area (Å²) in [5, 5.41) is 3.37. The van der Waals surface area contributed by atoms with Crippen LogP contribution in [-0.4, -0.2) is 12.8 Å². The quantitative estimate of drug-likeness (QED) is 0.694. The van der Waals surface area contributed by atoms with Gasteiger partial charge in [0.05, 0.1) is 6.10 Å². The maximum absolute atomic E-state index is 5.86. The van der Waals surface area contributed by atoms with Crippen molar-refractivity contribution in [2.24, 2.45) is 5.92 Å². The Labute approximate surface area is 100 Å². The molecule has 2 heteroatoms. The Hall–Kier alpha value is -0.500. The van der Waals surface area contributed by atoms with Crippen molar-refractivity contribution in [2.75, 3.05) is 6.73 Å². The topological polar surface area (TPSA) is 21.3 Å². The zero-order valence-electron chi connectivity index (χ0n) is 11.1. The molecule has 0 radical (unpaired) electrons. The maximum atomic E-state index is 5.86. The normalized spacial score (nSPS) is 26.8. The lowest BCUT2D eigenvalue weighted by Crippen LogP contribution is -2.26. The third-order valence-corrected chi connectivity index (χ3v) is 3.41. The highest BCUT2D eigenvalue weighted by Crippen LogP contribution is 2.25. The molecule has 0 aromatic carbocycles. The SMILES string of the molecule is CC/C=C(\CC)NCO[C@H]1CC[C@H](C)CC1. The molecule has 0 atom stereocenters.